The summed E-state index contributed by atoms with van der Waals surface area (Å²) in [7, 11) is 0. The first-order valence-electron chi connectivity index (χ1n) is 6.05. The van der Waals surface area contributed by atoms with E-state index < -0.39 is 23.3 Å². The minimum absolute atomic E-state index is 0.0706. The standard InChI is InChI=1S/C12H12F2N2O4/c13-7(14)4-2-1-3-6-5-8(17)20-11-9(6)10(18)15-12(19)16-11/h5,7H,1-4H2,(H2,15,16,18,19). The first kappa shape index (κ1) is 14.2. The Kier molecular flexibility index (Phi) is 4.11. The SMILES string of the molecule is O=c1[nH]c(=O)c2c(CCCCC(F)F)cc(=O)oc2[nH]1. The van der Waals surface area contributed by atoms with Crippen LogP contribution >= 0.6 is 0 Å². The molecule has 0 amide bonds. The molecule has 0 fully saturated rings. The molecule has 2 rings (SSSR count). The van der Waals surface area contributed by atoms with Crippen molar-refractivity contribution in [3.8, 4) is 0 Å². The Morgan fingerprint density at radius 1 is 1.15 bits per heavy atom. The minimum Gasteiger partial charge on any atom is -0.405 e. The van der Waals surface area contributed by atoms with Crippen LogP contribution in [-0.4, -0.2) is 16.4 Å². The lowest BCUT2D eigenvalue weighted by Gasteiger charge is -2.04. The van der Waals surface area contributed by atoms with Crippen molar-refractivity contribution in [2.75, 3.05) is 0 Å². The molecule has 0 radical (unpaired) electrons. The summed E-state index contributed by atoms with van der Waals surface area (Å²) in [6, 6.07) is 1.14. The zero-order chi connectivity index (χ0) is 14.7. The van der Waals surface area contributed by atoms with Crippen molar-refractivity contribution in [3.05, 3.63) is 42.9 Å². The third-order valence-electron chi connectivity index (χ3n) is 2.84. The topological polar surface area (TPSA) is 95.9 Å². The Balaban J connectivity index is 2.35. The highest BCUT2D eigenvalue weighted by atomic mass is 19.3. The number of aromatic amines is 2. The number of aryl methyl sites for hydroxylation is 1. The Labute approximate surface area is 110 Å². The zero-order valence-electron chi connectivity index (χ0n) is 10.4. The molecular formula is C12H12F2N2O4. The van der Waals surface area contributed by atoms with Gasteiger partial charge in [-0.05, 0) is 24.8 Å². The van der Waals surface area contributed by atoms with Gasteiger partial charge in [0.05, 0.1) is 0 Å². The lowest BCUT2D eigenvalue weighted by atomic mass is 10.1. The Morgan fingerprint density at radius 3 is 2.60 bits per heavy atom. The van der Waals surface area contributed by atoms with Gasteiger partial charge in [-0.2, -0.15) is 0 Å². The lowest BCUT2D eigenvalue weighted by Crippen LogP contribution is -2.24. The number of aromatic nitrogens is 2. The second kappa shape index (κ2) is 5.81. The van der Waals surface area contributed by atoms with Crippen LogP contribution in [0.1, 0.15) is 24.8 Å². The summed E-state index contributed by atoms with van der Waals surface area (Å²) in [6.07, 6.45) is -1.63. The van der Waals surface area contributed by atoms with Gasteiger partial charge in [-0.3, -0.25) is 14.8 Å². The summed E-state index contributed by atoms with van der Waals surface area (Å²) >= 11 is 0. The molecule has 2 N–H and O–H groups in total. The van der Waals surface area contributed by atoms with Gasteiger partial charge in [0.1, 0.15) is 5.39 Å². The molecule has 0 saturated carbocycles. The van der Waals surface area contributed by atoms with Crippen molar-refractivity contribution in [2.45, 2.75) is 32.1 Å². The van der Waals surface area contributed by atoms with Crippen molar-refractivity contribution in [1.29, 1.82) is 0 Å². The molecule has 0 atom stereocenters. The monoisotopic (exact) mass is 286 g/mol. The van der Waals surface area contributed by atoms with Crippen LogP contribution in [0.5, 0.6) is 0 Å². The maximum absolute atomic E-state index is 12.0. The Bertz CT molecular complexity index is 770. The largest absolute Gasteiger partial charge is 0.405 e. The van der Waals surface area contributed by atoms with Crippen LogP contribution in [0.15, 0.2) is 24.9 Å². The van der Waals surface area contributed by atoms with E-state index in [1.807, 2.05) is 4.98 Å². The van der Waals surface area contributed by atoms with Gasteiger partial charge >= 0.3 is 11.3 Å². The molecule has 2 heterocycles. The van der Waals surface area contributed by atoms with E-state index in [0.29, 0.717) is 12.0 Å². The van der Waals surface area contributed by atoms with Gasteiger partial charge in [-0.25, -0.2) is 18.4 Å². The van der Waals surface area contributed by atoms with Crippen LogP contribution in [0.2, 0.25) is 0 Å². The molecule has 0 unspecified atom stereocenters. The maximum Gasteiger partial charge on any atom is 0.337 e. The highest BCUT2D eigenvalue weighted by Gasteiger charge is 2.11. The maximum atomic E-state index is 12.0. The van der Waals surface area contributed by atoms with E-state index in [0.717, 1.165) is 6.07 Å². The molecule has 0 aliphatic carbocycles. The molecule has 0 aliphatic heterocycles. The fourth-order valence-corrected chi connectivity index (χ4v) is 1.99. The molecule has 0 saturated heterocycles. The lowest BCUT2D eigenvalue weighted by molar-refractivity contribution is 0.134. The molecule has 2 aromatic heterocycles. The highest BCUT2D eigenvalue weighted by molar-refractivity contribution is 5.75. The number of hydrogen-bond donors (Lipinski definition) is 2. The second-order valence-corrected chi connectivity index (χ2v) is 4.34. The van der Waals surface area contributed by atoms with Gasteiger partial charge in [0.15, 0.2) is 0 Å². The first-order valence-corrected chi connectivity index (χ1v) is 6.05. The summed E-state index contributed by atoms with van der Waals surface area (Å²) in [4.78, 5) is 38.4. The van der Waals surface area contributed by atoms with Gasteiger partial charge < -0.3 is 4.42 Å². The molecule has 20 heavy (non-hydrogen) atoms. The van der Waals surface area contributed by atoms with Crippen molar-refractivity contribution in [3.63, 3.8) is 0 Å². The number of nitrogens with one attached hydrogen (secondary N) is 2. The van der Waals surface area contributed by atoms with Gasteiger partial charge in [-0.15, -0.1) is 0 Å². The fourth-order valence-electron chi connectivity index (χ4n) is 1.99. The molecule has 6 nitrogen and oxygen atoms in total. The van der Waals surface area contributed by atoms with E-state index in [4.69, 9.17) is 4.42 Å². The second-order valence-electron chi connectivity index (χ2n) is 4.34. The van der Waals surface area contributed by atoms with E-state index in [1.54, 1.807) is 0 Å². The van der Waals surface area contributed by atoms with Gasteiger partial charge in [0, 0.05) is 12.5 Å². The average molecular weight is 286 g/mol. The number of halogens is 2. The minimum atomic E-state index is -2.37. The van der Waals surface area contributed by atoms with Crippen LogP contribution < -0.4 is 16.9 Å². The van der Waals surface area contributed by atoms with Gasteiger partial charge in [0.25, 0.3) is 5.56 Å². The average Bonchev–Trinajstić information content (AvgIpc) is 2.32. The highest BCUT2D eigenvalue weighted by Crippen LogP contribution is 2.14. The van der Waals surface area contributed by atoms with Crippen molar-refractivity contribution in [1.82, 2.24) is 9.97 Å². The van der Waals surface area contributed by atoms with Crippen LogP contribution in [0.3, 0.4) is 0 Å². The molecule has 8 heteroatoms. The van der Waals surface area contributed by atoms with Crippen LogP contribution in [0.4, 0.5) is 8.78 Å². The number of rotatable bonds is 5. The molecular weight excluding hydrogens is 274 g/mol. The molecule has 0 spiro atoms. The molecule has 0 aliphatic rings. The predicted molar refractivity (Wildman–Crippen MR) is 67.3 cm³/mol. The number of alkyl halides is 2. The molecule has 108 valence electrons. The number of fused-ring (bicyclic) bond motifs is 1. The van der Waals surface area contributed by atoms with Crippen molar-refractivity contribution in [2.24, 2.45) is 0 Å². The summed E-state index contributed by atoms with van der Waals surface area (Å²) in [6.45, 7) is 0. The van der Waals surface area contributed by atoms with Crippen LogP contribution in [0.25, 0.3) is 11.1 Å². The summed E-state index contributed by atoms with van der Waals surface area (Å²) < 4.78 is 28.8. The molecule has 0 bridgehead atoms. The fraction of sp³-hybridized carbons (Fsp3) is 0.417. The quantitative estimate of drug-likeness (QED) is 0.806. The van der Waals surface area contributed by atoms with Crippen molar-refractivity contribution >= 4 is 11.1 Å². The third kappa shape index (κ3) is 3.19. The van der Waals surface area contributed by atoms with E-state index in [9.17, 15) is 23.2 Å². The van der Waals surface area contributed by atoms with E-state index in [1.165, 1.54) is 0 Å². The zero-order valence-corrected chi connectivity index (χ0v) is 10.4. The Morgan fingerprint density at radius 2 is 1.90 bits per heavy atom. The normalized spacial score (nSPS) is 11.3. The summed E-state index contributed by atoms with van der Waals surface area (Å²) in [5.74, 6) is 0. The van der Waals surface area contributed by atoms with Crippen molar-refractivity contribution < 1.29 is 13.2 Å². The number of H-pyrrole nitrogens is 2. The van der Waals surface area contributed by atoms with E-state index >= 15 is 0 Å². The smallest absolute Gasteiger partial charge is 0.337 e. The molecule has 0 aromatic carbocycles. The van der Waals surface area contributed by atoms with Gasteiger partial charge in [0.2, 0.25) is 12.1 Å². The summed E-state index contributed by atoms with van der Waals surface area (Å²) in [5, 5.41) is 0.0706. The number of hydrogen-bond acceptors (Lipinski definition) is 4. The van der Waals surface area contributed by atoms with E-state index in [-0.39, 0.29) is 30.4 Å². The Hall–Kier alpha value is -2.25. The van der Waals surface area contributed by atoms with E-state index in [2.05, 4.69) is 4.98 Å². The van der Waals surface area contributed by atoms with Crippen LogP contribution in [0, 0.1) is 0 Å². The predicted octanol–water partition coefficient (Wildman–Crippen LogP) is 1.15. The molecule has 2 aromatic rings. The third-order valence-corrected chi connectivity index (χ3v) is 2.84. The summed E-state index contributed by atoms with van der Waals surface area (Å²) in [5.41, 5.74) is -1.97. The number of unbranched alkanes of at least 4 members (excludes halogenated alkanes) is 1. The van der Waals surface area contributed by atoms with Gasteiger partial charge in [-0.1, -0.05) is 0 Å². The van der Waals surface area contributed by atoms with Crippen LogP contribution in [-0.2, 0) is 6.42 Å². The first-order chi connectivity index (χ1) is 9.47.